The van der Waals surface area contributed by atoms with Crippen LogP contribution in [-0.4, -0.2) is 42.4 Å². The molecule has 11 heteroatoms. The SMILES string of the molecule is CCc1cc(-c2ccc(S(=O)(=O)NC3CCN(Cc4ccncc4)CC3)s2)c(C)[nH]c1=O.Cl.Cl. The Balaban J connectivity index is 0.00000204. The maximum atomic E-state index is 13.0. The number of aromatic amines is 1. The molecule has 4 rings (SSSR count). The second-order valence-corrected chi connectivity index (χ2v) is 11.2. The van der Waals surface area contributed by atoms with Gasteiger partial charge in [0.05, 0.1) is 0 Å². The van der Waals surface area contributed by atoms with Gasteiger partial charge in [0.1, 0.15) is 4.21 Å². The first-order valence-electron chi connectivity index (χ1n) is 10.8. The van der Waals surface area contributed by atoms with Gasteiger partial charge in [-0.15, -0.1) is 36.2 Å². The average Bonchev–Trinajstić information content (AvgIpc) is 3.27. The summed E-state index contributed by atoms with van der Waals surface area (Å²) in [5, 5.41) is 0. The average molecular weight is 546 g/mol. The van der Waals surface area contributed by atoms with E-state index in [9.17, 15) is 13.2 Å². The molecule has 1 aliphatic rings. The van der Waals surface area contributed by atoms with E-state index in [1.54, 1.807) is 18.5 Å². The first kappa shape index (κ1) is 28.5. The lowest BCUT2D eigenvalue weighted by atomic mass is 10.1. The molecule has 0 bridgehead atoms. The smallest absolute Gasteiger partial charge is 0.251 e. The lowest BCUT2D eigenvalue weighted by molar-refractivity contribution is 0.200. The number of halogens is 2. The number of hydrogen-bond acceptors (Lipinski definition) is 6. The molecular formula is C23H30Cl2N4O3S2. The van der Waals surface area contributed by atoms with E-state index in [1.807, 2.05) is 38.1 Å². The second-order valence-electron chi connectivity index (χ2n) is 8.16. The molecule has 0 radical (unpaired) electrons. The fourth-order valence-electron chi connectivity index (χ4n) is 4.03. The predicted octanol–water partition coefficient (Wildman–Crippen LogP) is 4.16. The number of likely N-dealkylation sites (tertiary alicyclic amines) is 1. The molecule has 186 valence electrons. The Morgan fingerprint density at radius 2 is 1.82 bits per heavy atom. The van der Waals surface area contributed by atoms with E-state index in [-0.39, 0.29) is 36.4 Å². The Labute approximate surface area is 216 Å². The summed E-state index contributed by atoms with van der Waals surface area (Å²) >= 11 is 1.23. The van der Waals surface area contributed by atoms with Crippen LogP contribution in [0.1, 0.15) is 36.6 Å². The van der Waals surface area contributed by atoms with Gasteiger partial charge in [-0.25, -0.2) is 13.1 Å². The van der Waals surface area contributed by atoms with Crippen molar-refractivity contribution in [2.45, 2.75) is 49.9 Å². The van der Waals surface area contributed by atoms with E-state index in [0.717, 1.165) is 48.6 Å². The molecule has 4 heterocycles. The van der Waals surface area contributed by atoms with Gasteiger partial charge in [-0.2, -0.15) is 0 Å². The number of rotatable bonds is 7. The summed E-state index contributed by atoms with van der Waals surface area (Å²) in [6.07, 6.45) is 5.77. The van der Waals surface area contributed by atoms with Crippen LogP contribution in [0.25, 0.3) is 10.4 Å². The lowest BCUT2D eigenvalue weighted by Gasteiger charge is -2.32. The van der Waals surface area contributed by atoms with Crippen molar-refractivity contribution in [3.8, 4) is 10.4 Å². The molecule has 0 unspecified atom stereocenters. The molecule has 0 atom stereocenters. The van der Waals surface area contributed by atoms with Gasteiger partial charge in [-0.1, -0.05) is 6.92 Å². The van der Waals surface area contributed by atoms with Gasteiger partial charge in [0.2, 0.25) is 10.0 Å². The minimum atomic E-state index is -3.59. The number of nitrogens with zero attached hydrogens (tertiary/aromatic N) is 2. The number of aromatic nitrogens is 2. The maximum Gasteiger partial charge on any atom is 0.251 e. The summed E-state index contributed by atoms with van der Waals surface area (Å²) < 4.78 is 29.2. The van der Waals surface area contributed by atoms with E-state index in [1.165, 1.54) is 16.9 Å². The van der Waals surface area contributed by atoms with Gasteiger partial charge in [-0.3, -0.25) is 14.7 Å². The largest absolute Gasteiger partial charge is 0.326 e. The van der Waals surface area contributed by atoms with E-state index >= 15 is 0 Å². The summed E-state index contributed by atoms with van der Waals surface area (Å²) in [5.41, 5.74) is 3.44. The Morgan fingerprint density at radius 1 is 1.15 bits per heavy atom. The lowest BCUT2D eigenvalue weighted by Crippen LogP contribution is -2.44. The van der Waals surface area contributed by atoms with Crippen LogP contribution in [0.2, 0.25) is 0 Å². The van der Waals surface area contributed by atoms with Gasteiger partial charge in [0, 0.05) is 59.8 Å². The monoisotopic (exact) mass is 544 g/mol. The van der Waals surface area contributed by atoms with Crippen LogP contribution in [0, 0.1) is 6.92 Å². The Morgan fingerprint density at radius 3 is 2.47 bits per heavy atom. The number of aryl methyl sites for hydroxylation is 2. The van der Waals surface area contributed by atoms with Gasteiger partial charge in [0.25, 0.3) is 5.56 Å². The zero-order valence-corrected chi connectivity index (χ0v) is 22.4. The van der Waals surface area contributed by atoms with Crippen molar-refractivity contribution in [1.82, 2.24) is 19.6 Å². The normalized spacial score (nSPS) is 14.9. The zero-order chi connectivity index (χ0) is 22.7. The molecule has 1 aliphatic heterocycles. The second kappa shape index (κ2) is 12.3. The molecule has 2 N–H and O–H groups in total. The van der Waals surface area contributed by atoms with Crippen molar-refractivity contribution in [2.24, 2.45) is 0 Å². The van der Waals surface area contributed by atoms with Crippen LogP contribution in [0.15, 0.2) is 51.7 Å². The highest BCUT2D eigenvalue weighted by atomic mass is 35.5. The van der Waals surface area contributed by atoms with E-state index < -0.39 is 10.0 Å². The fourth-order valence-corrected chi connectivity index (χ4v) is 6.73. The molecule has 3 aromatic heterocycles. The minimum absolute atomic E-state index is 0. The Kier molecular flexibility index (Phi) is 10.3. The summed E-state index contributed by atoms with van der Waals surface area (Å²) in [7, 11) is -3.59. The van der Waals surface area contributed by atoms with Crippen molar-refractivity contribution in [1.29, 1.82) is 0 Å². The van der Waals surface area contributed by atoms with E-state index in [2.05, 4.69) is 19.6 Å². The van der Waals surface area contributed by atoms with Gasteiger partial charge in [-0.05, 0) is 62.1 Å². The first-order valence-corrected chi connectivity index (χ1v) is 13.1. The van der Waals surface area contributed by atoms with E-state index in [4.69, 9.17) is 0 Å². The third-order valence-electron chi connectivity index (χ3n) is 5.87. The van der Waals surface area contributed by atoms with Crippen molar-refractivity contribution in [2.75, 3.05) is 13.1 Å². The summed E-state index contributed by atoms with van der Waals surface area (Å²) in [6.45, 7) is 6.32. The van der Waals surface area contributed by atoms with Crippen LogP contribution in [0.3, 0.4) is 0 Å². The molecule has 0 aromatic carbocycles. The third-order valence-corrected chi connectivity index (χ3v) is 9.00. The zero-order valence-electron chi connectivity index (χ0n) is 19.1. The number of hydrogen-bond donors (Lipinski definition) is 2. The number of piperidine rings is 1. The van der Waals surface area contributed by atoms with Crippen molar-refractivity contribution >= 4 is 46.2 Å². The highest BCUT2D eigenvalue weighted by Gasteiger charge is 2.26. The highest BCUT2D eigenvalue weighted by molar-refractivity contribution is 7.91. The Bertz CT molecular complexity index is 1240. The molecule has 1 saturated heterocycles. The van der Waals surface area contributed by atoms with Gasteiger partial charge >= 0.3 is 0 Å². The highest BCUT2D eigenvalue weighted by Crippen LogP contribution is 2.32. The topological polar surface area (TPSA) is 95.2 Å². The van der Waals surface area contributed by atoms with Crippen LogP contribution in [0.4, 0.5) is 0 Å². The van der Waals surface area contributed by atoms with Crippen molar-refractivity contribution in [3.63, 3.8) is 0 Å². The molecule has 7 nitrogen and oxygen atoms in total. The molecule has 0 saturated carbocycles. The minimum Gasteiger partial charge on any atom is -0.326 e. The van der Waals surface area contributed by atoms with Crippen LogP contribution >= 0.6 is 36.2 Å². The number of pyridine rings is 2. The van der Waals surface area contributed by atoms with Crippen molar-refractivity contribution in [3.05, 3.63) is 69.9 Å². The number of nitrogens with one attached hydrogen (secondary N) is 2. The van der Waals surface area contributed by atoms with Crippen LogP contribution in [0.5, 0.6) is 0 Å². The van der Waals surface area contributed by atoms with Crippen LogP contribution in [-0.2, 0) is 23.0 Å². The molecule has 0 spiro atoms. The van der Waals surface area contributed by atoms with Crippen molar-refractivity contribution < 1.29 is 8.42 Å². The number of H-pyrrole nitrogens is 1. The van der Waals surface area contributed by atoms with E-state index in [0.29, 0.717) is 16.2 Å². The molecule has 34 heavy (non-hydrogen) atoms. The summed E-state index contributed by atoms with van der Waals surface area (Å²) in [5.74, 6) is 0. The molecule has 0 amide bonds. The van der Waals surface area contributed by atoms with Gasteiger partial charge < -0.3 is 4.98 Å². The van der Waals surface area contributed by atoms with Crippen LogP contribution < -0.4 is 10.3 Å². The molecular weight excluding hydrogens is 515 g/mol. The predicted molar refractivity (Wildman–Crippen MR) is 142 cm³/mol. The third kappa shape index (κ3) is 6.68. The molecule has 3 aromatic rings. The number of sulfonamides is 1. The summed E-state index contributed by atoms with van der Waals surface area (Å²) in [6, 6.07) is 9.28. The maximum absolute atomic E-state index is 13.0. The molecule has 0 aliphatic carbocycles. The molecule has 1 fully saturated rings. The van der Waals surface area contributed by atoms with Gasteiger partial charge in [0.15, 0.2) is 0 Å². The fraction of sp³-hybridized carbons (Fsp3) is 0.391. The first-order chi connectivity index (χ1) is 15.4. The standard InChI is InChI=1S/C23H28N4O3S2.2ClH/c1-3-18-14-20(16(2)25-23(18)28)21-4-5-22(31-21)32(29,30)26-19-8-12-27(13-9-19)15-17-6-10-24-11-7-17;;/h4-7,10-11,14,19,26H,3,8-9,12-13,15H2,1-2H3,(H,25,28);2*1H. The Hall–Kier alpha value is -1.75. The number of thiophene rings is 1. The quantitative estimate of drug-likeness (QED) is 0.465. The summed E-state index contributed by atoms with van der Waals surface area (Å²) in [4.78, 5) is 22.1.